The summed E-state index contributed by atoms with van der Waals surface area (Å²) in [6.45, 7) is 0. The smallest absolute Gasteiger partial charge is 0.261 e. The normalized spacial score (nSPS) is 10.5. The lowest BCUT2D eigenvalue weighted by atomic mass is 10.1. The topological polar surface area (TPSA) is 78.9 Å². The second-order valence-corrected chi connectivity index (χ2v) is 6.19. The first-order valence-electron chi connectivity index (χ1n) is 7.66. The molecule has 7 nitrogen and oxygen atoms in total. The minimum absolute atomic E-state index is 0.349. The number of hydrogen-bond donors (Lipinski definition) is 1. The Morgan fingerprint density at radius 2 is 1.58 bits per heavy atom. The van der Waals surface area contributed by atoms with Gasteiger partial charge in [0.1, 0.15) is 33.2 Å². The number of nitrogens with zero attached hydrogens (tertiary/aromatic N) is 1. The van der Waals surface area contributed by atoms with E-state index in [0.717, 1.165) is 4.70 Å². The van der Waals surface area contributed by atoms with E-state index in [9.17, 15) is 4.79 Å². The van der Waals surface area contributed by atoms with Gasteiger partial charge in [0.05, 0.1) is 34.0 Å². The fourth-order valence-corrected chi connectivity index (χ4v) is 3.46. The van der Waals surface area contributed by atoms with Gasteiger partial charge < -0.3 is 18.9 Å². The maximum absolute atomic E-state index is 12.7. The molecule has 0 bridgehead atoms. The quantitative estimate of drug-likeness (QED) is 0.710. The number of amides is 1. The summed E-state index contributed by atoms with van der Waals surface area (Å²) >= 11 is 1.30. The summed E-state index contributed by atoms with van der Waals surface area (Å²) in [5.41, 5.74) is 0.981. The van der Waals surface area contributed by atoms with Crippen molar-refractivity contribution in [1.29, 1.82) is 0 Å². The summed E-state index contributed by atoms with van der Waals surface area (Å²) in [4.78, 5) is 17.2. The predicted octanol–water partition coefficient (Wildman–Crippen LogP) is 3.58. The van der Waals surface area contributed by atoms with E-state index in [0.29, 0.717) is 39.2 Å². The van der Waals surface area contributed by atoms with Crippen molar-refractivity contribution in [1.82, 2.24) is 4.98 Å². The first kappa shape index (κ1) is 17.8. The lowest BCUT2D eigenvalue weighted by molar-refractivity contribution is 0.102. The number of carbonyl (C=O) groups is 1. The highest BCUT2D eigenvalue weighted by atomic mass is 32.1. The third kappa shape index (κ3) is 3.23. The molecule has 0 atom stereocenters. The standard InChI is InChI=1S/C18H18N2O5S/c1-22-10-5-6-12(23-2)11(9-10)17(21)20-18-19-15-13(24-3)7-8-14(25-4)16(15)26-18/h5-9H,1-4H3,(H,19,20,21). The molecule has 1 aromatic heterocycles. The highest BCUT2D eigenvalue weighted by molar-refractivity contribution is 7.22. The number of aromatic nitrogens is 1. The van der Waals surface area contributed by atoms with Crippen LogP contribution in [0.1, 0.15) is 10.4 Å². The van der Waals surface area contributed by atoms with Gasteiger partial charge in [-0.2, -0.15) is 0 Å². The number of thiazole rings is 1. The largest absolute Gasteiger partial charge is 0.497 e. The van der Waals surface area contributed by atoms with Crippen molar-refractivity contribution in [2.24, 2.45) is 0 Å². The van der Waals surface area contributed by atoms with Crippen molar-refractivity contribution in [3.63, 3.8) is 0 Å². The summed E-state index contributed by atoms with van der Waals surface area (Å²) in [7, 11) is 6.20. The Morgan fingerprint density at radius 3 is 2.23 bits per heavy atom. The molecule has 0 aliphatic heterocycles. The molecule has 0 unspecified atom stereocenters. The summed E-state index contributed by atoms with van der Waals surface area (Å²) in [5.74, 6) is 1.93. The van der Waals surface area contributed by atoms with Crippen molar-refractivity contribution >= 4 is 32.6 Å². The molecule has 3 rings (SSSR count). The average Bonchev–Trinajstić information content (AvgIpc) is 3.10. The van der Waals surface area contributed by atoms with Crippen LogP contribution in [-0.2, 0) is 0 Å². The lowest BCUT2D eigenvalue weighted by Crippen LogP contribution is -2.13. The third-order valence-electron chi connectivity index (χ3n) is 3.78. The van der Waals surface area contributed by atoms with E-state index in [1.807, 2.05) is 0 Å². The first-order valence-corrected chi connectivity index (χ1v) is 8.47. The molecular formula is C18H18N2O5S. The van der Waals surface area contributed by atoms with Gasteiger partial charge in [-0.05, 0) is 30.3 Å². The molecule has 2 aromatic carbocycles. The highest BCUT2D eigenvalue weighted by Crippen LogP contribution is 2.39. The summed E-state index contributed by atoms with van der Waals surface area (Å²) in [5, 5.41) is 3.23. The van der Waals surface area contributed by atoms with Gasteiger partial charge in [0, 0.05) is 0 Å². The van der Waals surface area contributed by atoms with E-state index in [4.69, 9.17) is 18.9 Å². The van der Waals surface area contributed by atoms with Crippen molar-refractivity contribution in [2.75, 3.05) is 33.8 Å². The minimum Gasteiger partial charge on any atom is -0.497 e. The molecule has 136 valence electrons. The predicted molar refractivity (Wildman–Crippen MR) is 100 cm³/mol. The number of rotatable bonds is 6. The van der Waals surface area contributed by atoms with Crippen LogP contribution < -0.4 is 24.3 Å². The Morgan fingerprint density at radius 1 is 0.923 bits per heavy atom. The SMILES string of the molecule is COc1ccc(OC)c(C(=O)Nc2nc3c(OC)ccc(OC)c3s2)c1. The van der Waals surface area contributed by atoms with Crippen molar-refractivity contribution < 1.29 is 23.7 Å². The van der Waals surface area contributed by atoms with E-state index >= 15 is 0 Å². The maximum Gasteiger partial charge on any atom is 0.261 e. The highest BCUT2D eigenvalue weighted by Gasteiger charge is 2.18. The van der Waals surface area contributed by atoms with Crippen LogP contribution in [-0.4, -0.2) is 39.3 Å². The van der Waals surface area contributed by atoms with Gasteiger partial charge in [0.25, 0.3) is 5.91 Å². The van der Waals surface area contributed by atoms with E-state index in [2.05, 4.69) is 10.3 Å². The van der Waals surface area contributed by atoms with Gasteiger partial charge in [-0.15, -0.1) is 0 Å². The second kappa shape index (κ2) is 7.49. The van der Waals surface area contributed by atoms with Gasteiger partial charge in [0.15, 0.2) is 5.13 Å². The van der Waals surface area contributed by atoms with Crippen molar-refractivity contribution in [3.05, 3.63) is 35.9 Å². The summed E-state index contributed by atoms with van der Waals surface area (Å²) in [6, 6.07) is 8.59. The van der Waals surface area contributed by atoms with Crippen LogP contribution in [0.2, 0.25) is 0 Å². The van der Waals surface area contributed by atoms with Crippen LogP contribution in [0.15, 0.2) is 30.3 Å². The molecule has 0 spiro atoms. The number of nitrogens with one attached hydrogen (secondary N) is 1. The maximum atomic E-state index is 12.7. The number of carbonyl (C=O) groups excluding carboxylic acids is 1. The molecule has 1 heterocycles. The Bertz CT molecular complexity index is 913. The minimum atomic E-state index is -0.349. The van der Waals surface area contributed by atoms with Crippen LogP contribution in [0, 0.1) is 0 Å². The molecule has 8 heteroatoms. The molecule has 0 saturated heterocycles. The van der Waals surface area contributed by atoms with Gasteiger partial charge in [-0.1, -0.05) is 11.3 Å². The van der Waals surface area contributed by atoms with Crippen molar-refractivity contribution in [2.45, 2.75) is 0 Å². The molecule has 0 radical (unpaired) electrons. The zero-order chi connectivity index (χ0) is 18.7. The fourth-order valence-electron chi connectivity index (χ4n) is 2.50. The number of benzene rings is 2. The first-order chi connectivity index (χ1) is 12.6. The van der Waals surface area contributed by atoms with Crippen LogP contribution in [0.25, 0.3) is 10.2 Å². The molecule has 0 saturated carbocycles. The molecule has 26 heavy (non-hydrogen) atoms. The van der Waals surface area contributed by atoms with Gasteiger partial charge in [-0.3, -0.25) is 10.1 Å². The van der Waals surface area contributed by atoms with E-state index < -0.39 is 0 Å². The van der Waals surface area contributed by atoms with Gasteiger partial charge in [0.2, 0.25) is 0 Å². The van der Waals surface area contributed by atoms with Crippen LogP contribution in [0.5, 0.6) is 23.0 Å². The number of hydrogen-bond acceptors (Lipinski definition) is 7. The fraction of sp³-hybridized carbons (Fsp3) is 0.222. The average molecular weight is 374 g/mol. The van der Waals surface area contributed by atoms with Crippen LogP contribution >= 0.6 is 11.3 Å². The Hall–Kier alpha value is -3.00. The van der Waals surface area contributed by atoms with E-state index in [1.54, 1.807) is 44.6 Å². The summed E-state index contributed by atoms with van der Waals surface area (Å²) in [6.07, 6.45) is 0. The molecular weight excluding hydrogens is 356 g/mol. The molecule has 0 aliphatic carbocycles. The Kier molecular flexibility index (Phi) is 5.13. The number of ether oxygens (including phenoxy) is 4. The number of anilines is 1. The zero-order valence-corrected chi connectivity index (χ0v) is 15.6. The molecule has 3 aromatic rings. The molecule has 0 aliphatic rings. The van der Waals surface area contributed by atoms with Crippen molar-refractivity contribution in [3.8, 4) is 23.0 Å². The van der Waals surface area contributed by atoms with Gasteiger partial charge >= 0.3 is 0 Å². The van der Waals surface area contributed by atoms with E-state index in [-0.39, 0.29) is 5.91 Å². The Labute approximate surface area is 154 Å². The molecule has 1 amide bonds. The van der Waals surface area contributed by atoms with E-state index in [1.165, 1.54) is 25.6 Å². The Balaban J connectivity index is 1.97. The number of fused-ring (bicyclic) bond motifs is 1. The molecule has 0 fully saturated rings. The number of methoxy groups -OCH3 is 4. The zero-order valence-electron chi connectivity index (χ0n) is 14.8. The van der Waals surface area contributed by atoms with Crippen LogP contribution in [0.3, 0.4) is 0 Å². The van der Waals surface area contributed by atoms with Crippen LogP contribution in [0.4, 0.5) is 5.13 Å². The third-order valence-corrected chi connectivity index (χ3v) is 4.77. The molecule has 1 N–H and O–H groups in total. The lowest BCUT2D eigenvalue weighted by Gasteiger charge is -2.09. The second-order valence-electron chi connectivity index (χ2n) is 5.19. The van der Waals surface area contributed by atoms with Gasteiger partial charge in [-0.25, -0.2) is 4.98 Å². The monoisotopic (exact) mass is 374 g/mol. The summed E-state index contributed by atoms with van der Waals surface area (Å²) < 4.78 is 21.9.